The number of aliphatic hydroxyl groups is 3. The summed E-state index contributed by atoms with van der Waals surface area (Å²) >= 11 is 0. The van der Waals surface area contributed by atoms with Gasteiger partial charge >= 0.3 is 0 Å². The fraction of sp³-hybridized carbons (Fsp3) is 0.795. The van der Waals surface area contributed by atoms with Crippen LogP contribution < -0.4 is 5.32 Å². The summed E-state index contributed by atoms with van der Waals surface area (Å²) in [6, 6.07) is -0.832. The normalized spacial score (nSPS) is 14.1. The number of carbonyl (C=O) groups is 1. The number of aliphatic hydroxyl groups excluding tert-OH is 3. The standard InChI is InChI=1S/C44H81NO4/c1-3-5-7-9-11-13-15-17-19-20-21-22-23-24-25-27-29-31-33-35-37-39-43(48)45-41(40-46)44(49)42(47)38-36-34-32-30-28-26-18-16-14-12-10-8-6-4-2/h5,7,11,13,16,18,30,32,41-42,44,46-47,49H,3-4,6,8-10,12,14-15,17,19-29,31,33-40H2,1-2H3,(H,45,48)/b7-5-,13-11-,18-16+,32-30+. The molecule has 4 N–H and O–H groups in total. The van der Waals surface area contributed by atoms with Gasteiger partial charge in [0.1, 0.15) is 6.10 Å². The summed E-state index contributed by atoms with van der Waals surface area (Å²) in [5.41, 5.74) is 0. The van der Waals surface area contributed by atoms with E-state index in [9.17, 15) is 20.1 Å². The van der Waals surface area contributed by atoms with Gasteiger partial charge in [-0.25, -0.2) is 0 Å². The minimum Gasteiger partial charge on any atom is -0.394 e. The van der Waals surface area contributed by atoms with E-state index in [4.69, 9.17) is 0 Å². The van der Waals surface area contributed by atoms with Crippen molar-refractivity contribution in [1.29, 1.82) is 0 Å². The monoisotopic (exact) mass is 688 g/mol. The van der Waals surface area contributed by atoms with Crippen LogP contribution in [0.4, 0.5) is 0 Å². The molecule has 5 nitrogen and oxygen atoms in total. The average Bonchev–Trinajstić information content (AvgIpc) is 3.10. The fourth-order valence-electron chi connectivity index (χ4n) is 6.16. The lowest BCUT2D eigenvalue weighted by atomic mass is 10.0. The SMILES string of the molecule is CC/C=C\C/C=C\CCCCCCCCCCCCCCCCC(=O)NC(CO)C(O)C(O)CCC/C=C/CC/C=C/CCCCCCC. The second-order valence-corrected chi connectivity index (χ2v) is 14.1. The van der Waals surface area contributed by atoms with Gasteiger partial charge in [-0.05, 0) is 77.0 Å². The van der Waals surface area contributed by atoms with Crippen molar-refractivity contribution in [3.8, 4) is 0 Å². The highest BCUT2D eigenvalue weighted by Gasteiger charge is 2.26. The van der Waals surface area contributed by atoms with Gasteiger partial charge in [-0.2, -0.15) is 0 Å². The Morgan fingerprint density at radius 3 is 1.47 bits per heavy atom. The van der Waals surface area contributed by atoms with E-state index in [1.165, 1.54) is 116 Å². The van der Waals surface area contributed by atoms with Gasteiger partial charge in [-0.1, -0.05) is 165 Å². The summed E-state index contributed by atoms with van der Waals surface area (Å²) in [6.45, 7) is 4.04. The summed E-state index contributed by atoms with van der Waals surface area (Å²) in [5, 5.41) is 33.4. The Morgan fingerprint density at radius 2 is 0.959 bits per heavy atom. The molecular formula is C44H81NO4. The zero-order chi connectivity index (χ0) is 35.9. The van der Waals surface area contributed by atoms with E-state index in [0.29, 0.717) is 12.8 Å². The Bertz CT molecular complexity index is 805. The van der Waals surface area contributed by atoms with Crippen molar-refractivity contribution < 1.29 is 20.1 Å². The van der Waals surface area contributed by atoms with Gasteiger partial charge in [-0.15, -0.1) is 0 Å². The summed E-state index contributed by atoms with van der Waals surface area (Å²) in [4.78, 5) is 12.4. The molecule has 0 radical (unpaired) electrons. The van der Waals surface area contributed by atoms with Crippen molar-refractivity contribution >= 4 is 5.91 Å². The Balaban J connectivity index is 3.67. The molecule has 0 aromatic rings. The van der Waals surface area contributed by atoms with Gasteiger partial charge in [0.05, 0.1) is 18.8 Å². The van der Waals surface area contributed by atoms with E-state index in [-0.39, 0.29) is 12.5 Å². The molecule has 286 valence electrons. The van der Waals surface area contributed by atoms with Crippen LogP contribution >= 0.6 is 0 Å². The van der Waals surface area contributed by atoms with Crippen LogP contribution in [0.15, 0.2) is 48.6 Å². The molecule has 0 aliphatic heterocycles. The summed E-state index contributed by atoms with van der Waals surface area (Å²) in [7, 11) is 0. The molecule has 3 unspecified atom stereocenters. The van der Waals surface area contributed by atoms with Gasteiger partial charge in [0, 0.05) is 6.42 Å². The number of allylic oxidation sites excluding steroid dienone is 8. The third-order valence-electron chi connectivity index (χ3n) is 9.39. The first-order valence-electron chi connectivity index (χ1n) is 20.9. The first-order chi connectivity index (χ1) is 24.1. The largest absolute Gasteiger partial charge is 0.394 e. The van der Waals surface area contributed by atoms with Crippen molar-refractivity contribution in [2.24, 2.45) is 0 Å². The lowest BCUT2D eigenvalue weighted by molar-refractivity contribution is -0.124. The molecule has 0 aromatic heterocycles. The maximum atomic E-state index is 12.4. The Morgan fingerprint density at radius 1 is 0.531 bits per heavy atom. The van der Waals surface area contributed by atoms with Crippen LogP contribution in [0.25, 0.3) is 0 Å². The molecule has 0 spiro atoms. The maximum absolute atomic E-state index is 12.4. The fourth-order valence-corrected chi connectivity index (χ4v) is 6.16. The molecule has 0 aromatic carbocycles. The Hall–Kier alpha value is -1.69. The molecule has 49 heavy (non-hydrogen) atoms. The van der Waals surface area contributed by atoms with Crippen LogP contribution in [0.3, 0.4) is 0 Å². The van der Waals surface area contributed by atoms with Crippen LogP contribution in [0.1, 0.15) is 200 Å². The summed E-state index contributed by atoms with van der Waals surface area (Å²) < 4.78 is 0. The van der Waals surface area contributed by atoms with E-state index in [0.717, 1.165) is 57.8 Å². The summed E-state index contributed by atoms with van der Waals surface area (Å²) in [5.74, 6) is -0.161. The van der Waals surface area contributed by atoms with Crippen molar-refractivity contribution in [2.75, 3.05) is 6.61 Å². The van der Waals surface area contributed by atoms with E-state index >= 15 is 0 Å². The zero-order valence-corrected chi connectivity index (χ0v) is 32.3. The maximum Gasteiger partial charge on any atom is 0.220 e. The lowest BCUT2D eigenvalue weighted by Crippen LogP contribution is -2.50. The van der Waals surface area contributed by atoms with Crippen LogP contribution in [0, 0.1) is 0 Å². The van der Waals surface area contributed by atoms with Crippen molar-refractivity contribution in [3.05, 3.63) is 48.6 Å². The minimum absolute atomic E-state index is 0.161. The first-order valence-corrected chi connectivity index (χ1v) is 20.9. The summed E-state index contributed by atoms with van der Waals surface area (Å²) in [6.07, 6.45) is 49.3. The molecule has 0 saturated carbocycles. The topological polar surface area (TPSA) is 89.8 Å². The van der Waals surface area contributed by atoms with E-state index in [2.05, 4.69) is 67.8 Å². The molecule has 0 rings (SSSR count). The average molecular weight is 688 g/mol. The van der Waals surface area contributed by atoms with Crippen LogP contribution in [0.5, 0.6) is 0 Å². The molecule has 0 aliphatic rings. The molecule has 0 aliphatic carbocycles. The highest BCUT2D eigenvalue weighted by atomic mass is 16.3. The number of hydrogen-bond donors (Lipinski definition) is 4. The molecule has 0 saturated heterocycles. The van der Waals surface area contributed by atoms with Crippen molar-refractivity contribution in [2.45, 2.75) is 218 Å². The lowest BCUT2D eigenvalue weighted by Gasteiger charge is -2.26. The predicted molar refractivity (Wildman–Crippen MR) is 213 cm³/mol. The van der Waals surface area contributed by atoms with Gasteiger partial charge in [0.25, 0.3) is 0 Å². The highest BCUT2D eigenvalue weighted by molar-refractivity contribution is 5.76. The van der Waals surface area contributed by atoms with E-state index in [1.54, 1.807) is 0 Å². The molecule has 1 amide bonds. The first kappa shape index (κ1) is 47.3. The Kier molecular flexibility index (Phi) is 37.8. The second-order valence-electron chi connectivity index (χ2n) is 14.1. The van der Waals surface area contributed by atoms with Crippen molar-refractivity contribution in [3.63, 3.8) is 0 Å². The van der Waals surface area contributed by atoms with Crippen LogP contribution in [-0.4, -0.2) is 46.1 Å². The number of amides is 1. The van der Waals surface area contributed by atoms with Crippen molar-refractivity contribution in [1.82, 2.24) is 5.32 Å². The molecule has 0 heterocycles. The third kappa shape index (κ3) is 34.5. The predicted octanol–water partition coefficient (Wildman–Crippen LogP) is 11.8. The Labute approximate surface area is 304 Å². The molecule has 3 atom stereocenters. The van der Waals surface area contributed by atoms with Gasteiger partial charge < -0.3 is 20.6 Å². The van der Waals surface area contributed by atoms with Crippen LogP contribution in [0.2, 0.25) is 0 Å². The van der Waals surface area contributed by atoms with E-state index in [1.807, 2.05) is 0 Å². The second kappa shape index (κ2) is 39.1. The number of rotatable bonds is 37. The zero-order valence-electron chi connectivity index (χ0n) is 32.3. The van der Waals surface area contributed by atoms with Crippen LogP contribution in [-0.2, 0) is 4.79 Å². The number of unbranched alkanes of at least 4 members (excludes halogenated alkanes) is 21. The molecule has 0 fully saturated rings. The number of hydrogen-bond acceptors (Lipinski definition) is 4. The number of nitrogens with one attached hydrogen (secondary N) is 1. The number of carbonyl (C=O) groups excluding carboxylic acids is 1. The smallest absolute Gasteiger partial charge is 0.220 e. The quantitative estimate of drug-likeness (QED) is 0.0386. The minimum atomic E-state index is -1.17. The highest BCUT2D eigenvalue weighted by Crippen LogP contribution is 2.15. The van der Waals surface area contributed by atoms with E-state index < -0.39 is 18.2 Å². The van der Waals surface area contributed by atoms with Gasteiger partial charge in [-0.3, -0.25) is 4.79 Å². The third-order valence-corrected chi connectivity index (χ3v) is 9.39. The van der Waals surface area contributed by atoms with Gasteiger partial charge in [0.15, 0.2) is 0 Å². The molecular weight excluding hydrogens is 606 g/mol. The van der Waals surface area contributed by atoms with Gasteiger partial charge in [0.2, 0.25) is 5.91 Å². The molecule has 0 bridgehead atoms. The molecule has 5 heteroatoms.